The van der Waals surface area contributed by atoms with Gasteiger partial charge >= 0.3 is 0 Å². The molecule has 0 aromatic carbocycles. The van der Waals surface area contributed by atoms with Gasteiger partial charge in [-0.3, -0.25) is 0 Å². The monoisotopic (exact) mass is 456 g/mol. The van der Waals surface area contributed by atoms with E-state index in [4.69, 9.17) is 0 Å². The Hall–Kier alpha value is -0.340. The topological polar surface area (TPSA) is 40.5 Å². The molecule has 5 aliphatic carbocycles. The zero-order valence-corrected chi connectivity index (χ0v) is 22.7. The lowest BCUT2D eigenvalue weighted by Crippen LogP contribution is -2.67. The first-order valence-corrected chi connectivity index (χ1v) is 14.3. The van der Waals surface area contributed by atoms with Crippen LogP contribution in [0, 0.1) is 56.7 Å². The summed E-state index contributed by atoms with van der Waals surface area (Å²) in [5, 5.41) is 22.1. The zero-order chi connectivity index (χ0) is 24.2. The Bertz CT molecular complexity index is 814. The van der Waals surface area contributed by atoms with Gasteiger partial charge in [-0.1, -0.05) is 46.8 Å². The molecule has 0 aromatic rings. The Balaban J connectivity index is 1.56. The van der Waals surface area contributed by atoms with Crippen molar-refractivity contribution < 1.29 is 10.2 Å². The third kappa shape index (κ3) is 2.86. The minimum absolute atomic E-state index is 0.0244. The number of hydrogen-bond acceptors (Lipinski definition) is 2. The fraction of sp³-hybridized carbons (Fsp3) is 0.935. The molecule has 0 saturated heterocycles. The van der Waals surface area contributed by atoms with E-state index in [0.29, 0.717) is 39.9 Å². The van der Waals surface area contributed by atoms with Gasteiger partial charge < -0.3 is 10.2 Å². The highest BCUT2D eigenvalue weighted by molar-refractivity contribution is 5.22. The van der Waals surface area contributed by atoms with E-state index in [9.17, 15) is 10.2 Å². The summed E-state index contributed by atoms with van der Waals surface area (Å²) in [5.41, 5.74) is 2.52. The van der Waals surface area contributed by atoms with Gasteiger partial charge in [0.15, 0.2) is 0 Å². The lowest BCUT2D eigenvalue weighted by atomic mass is 9.32. The molecule has 5 saturated carbocycles. The predicted octanol–water partition coefficient (Wildman–Crippen LogP) is 7.39. The van der Waals surface area contributed by atoms with Crippen LogP contribution in [0.3, 0.4) is 0 Å². The Morgan fingerprint density at radius 1 is 0.818 bits per heavy atom. The summed E-state index contributed by atoms with van der Waals surface area (Å²) >= 11 is 0. The van der Waals surface area contributed by atoms with Crippen LogP contribution < -0.4 is 0 Å². The maximum Gasteiger partial charge on any atom is 0.0594 e. The summed E-state index contributed by atoms with van der Waals surface area (Å²) < 4.78 is 0. The minimum Gasteiger partial charge on any atom is -0.393 e. The van der Waals surface area contributed by atoms with E-state index in [1.807, 2.05) is 0 Å². The molecule has 0 radical (unpaired) electrons. The number of hydrogen-bond donors (Lipinski definition) is 2. The molecule has 0 aromatic heterocycles. The lowest BCUT2D eigenvalue weighted by molar-refractivity contribution is -0.252. The maximum atomic E-state index is 11.1. The number of aliphatic hydroxyl groups is 2. The van der Waals surface area contributed by atoms with Gasteiger partial charge in [-0.25, -0.2) is 0 Å². The quantitative estimate of drug-likeness (QED) is 0.425. The molecular formula is C31H52O2. The molecule has 2 heteroatoms. The summed E-state index contributed by atoms with van der Waals surface area (Å²) in [4.78, 5) is 0. The van der Waals surface area contributed by atoms with Gasteiger partial charge in [0.05, 0.1) is 12.2 Å². The van der Waals surface area contributed by atoms with Gasteiger partial charge in [-0.15, -0.1) is 0 Å². The van der Waals surface area contributed by atoms with E-state index < -0.39 is 0 Å². The highest BCUT2D eigenvalue weighted by Crippen LogP contribution is 2.77. The van der Waals surface area contributed by atoms with Gasteiger partial charge in [-0.2, -0.15) is 0 Å². The second-order valence-electron chi connectivity index (χ2n) is 15.0. The fourth-order valence-electron chi connectivity index (χ4n) is 11.9. The summed E-state index contributed by atoms with van der Waals surface area (Å²) in [6, 6.07) is 0. The van der Waals surface area contributed by atoms with E-state index in [1.54, 1.807) is 0 Å². The molecule has 2 N–H and O–H groups in total. The zero-order valence-electron chi connectivity index (χ0n) is 22.7. The van der Waals surface area contributed by atoms with Crippen molar-refractivity contribution in [3.8, 4) is 0 Å². The highest BCUT2D eigenvalue weighted by Gasteiger charge is 2.71. The predicted molar refractivity (Wildman–Crippen MR) is 137 cm³/mol. The second kappa shape index (κ2) is 7.34. The average Bonchev–Trinajstić information content (AvgIpc) is 3.13. The SMILES string of the molecule is C=C(C)[C@@H]1CC[C@]2(C(C)O)CC[C@]3(C)C(CCC4[C@@]5(C)CCC(O)C(C)(C)C5CC[C@]43C)C12. The average molecular weight is 457 g/mol. The number of rotatable bonds is 2. The molecule has 0 bridgehead atoms. The summed E-state index contributed by atoms with van der Waals surface area (Å²) in [6.45, 7) is 21.5. The first kappa shape index (κ1) is 24.4. The van der Waals surface area contributed by atoms with Crippen molar-refractivity contribution in [1.29, 1.82) is 0 Å². The summed E-state index contributed by atoms with van der Waals surface area (Å²) in [5.74, 6) is 3.26. The van der Waals surface area contributed by atoms with Gasteiger partial charge in [0, 0.05) is 0 Å². The molecule has 11 atom stereocenters. The molecule has 6 unspecified atom stereocenters. The maximum absolute atomic E-state index is 11.1. The van der Waals surface area contributed by atoms with Gasteiger partial charge in [0.2, 0.25) is 0 Å². The largest absolute Gasteiger partial charge is 0.393 e. The Kier molecular flexibility index (Phi) is 5.42. The summed E-state index contributed by atoms with van der Waals surface area (Å²) in [6.07, 6.45) is 11.9. The van der Waals surface area contributed by atoms with Crippen LogP contribution >= 0.6 is 0 Å². The van der Waals surface area contributed by atoms with Crippen LogP contribution in [0.2, 0.25) is 0 Å². The van der Waals surface area contributed by atoms with Crippen LogP contribution in [0.15, 0.2) is 12.2 Å². The number of allylic oxidation sites excluding steroid dienone is 1. The van der Waals surface area contributed by atoms with E-state index in [0.717, 1.165) is 12.3 Å². The fourth-order valence-corrected chi connectivity index (χ4v) is 11.9. The third-order valence-electron chi connectivity index (χ3n) is 13.9. The van der Waals surface area contributed by atoms with Crippen molar-refractivity contribution in [3.63, 3.8) is 0 Å². The van der Waals surface area contributed by atoms with Crippen molar-refractivity contribution in [2.24, 2.45) is 56.7 Å². The molecule has 0 spiro atoms. The molecule has 0 heterocycles. The normalized spacial score (nSPS) is 56.2. The molecule has 33 heavy (non-hydrogen) atoms. The molecule has 2 nitrogen and oxygen atoms in total. The third-order valence-corrected chi connectivity index (χ3v) is 13.9. The van der Waals surface area contributed by atoms with Gasteiger partial charge in [0.1, 0.15) is 0 Å². The highest BCUT2D eigenvalue weighted by atomic mass is 16.3. The van der Waals surface area contributed by atoms with Crippen LogP contribution in [0.25, 0.3) is 0 Å². The van der Waals surface area contributed by atoms with E-state index in [-0.39, 0.29) is 23.0 Å². The van der Waals surface area contributed by atoms with E-state index >= 15 is 0 Å². The van der Waals surface area contributed by atoms with Crippen LogP contribution in [0.1, 0.15) is 113 Å². The number of fused-ring (bicyclic) bond motifs is 7. The molecule has 0 amide bonds. The van der Waals surface area contributed by atoms with E-state index in [2.05, 4.69) is 55.0 Å². The van der Waals surface area contributed by atoms with Gasteiger partial charge in [-0.05, 0) is 135 Å². The van der Waals surface area contributed by atoms with Crippen molar-refractivity contribution in [1.82, 2.24) is 0 Å². The molecule has 0 aliphatic heterocycles. The van der Waals surface area contributed by atoms with Crippen molar-refractivity contribution in [2.75, 3.05) is 0 Å². The van der Waals surface area contributed by atoms with Crippen LogP contribution in [0.4, 0.5) is 0 Å². The van der Waals surface area contributed by atoms with Crippen molar-refractivity contribution in [2.45, 2.75) is 125 Å². The smallest absolute Gasteiger partial charge is 0.0594 e. The molecular weight excluding hydrogens is 404 g/mol. The Morgan fingerprint density at radius 2 is 1.52 bits per heavy atom. The molecule has 188 valence electrons. The van der Waals surface area contributed by atoms with Gasteiger partial charge in [0.25, 0.3) is 0 Å². The summed E-state index contributed by atoms with van der Waals surface area (Å²) in [7, 11) is 0. The Labute approximate surface area is 204 Å². The van der Waals surface area contributed by atoms with Crippen LogP contribution in [0.5, 0.6) is 0 Å². The number of aliphatic hydroxyl groups excluding tert-OH is 2. The standard InChI is InChI=1S/C31H52O2/c1-19(2)21-11-16-31(20(3)32)18-17-29(7)22(26(21)31)9-10-24-28(6)14-13-25(33)27(4,5)23(28)12-15-30(24,29)8/h20-26,32-33H,1,9-18H2,2-8H3/t20?,21-,22?,23?,24?,25?,26?,28-,29+,30+,31+/m0/s1. The molecule has 5 aliphatic rings. The van der Waals surface area contributed by atoms with Crippen LogP contribution in [-0.4, -0.2) is 22.4 Å². The lowest BCUT2D eigenvalue weighted by Gasteiger charge is -2.73. The Morgan fingerprint density at radius 3 is 2.15 bits per heavy atom. The first-order chi connectivity index (χ1) is 15.3. The minimum atomic E-state index is -0.212. The second-order valence-corrected chi connectivity index (χ2v) is 15.0. The molecule has 5 fully saturated rings. The van der Waals surface area contributed by atoms with Crippen molar-refractivity contribution >= 4 is 0 Å². The molecule has 5 rings (SSSR count). The van der Waals surface area contributed by atoms with E-state index in [1.165, 1.54) is 63.4 Å². The first-order valence-electron chi connectivity index (χ1n) is 14.3. The van der Waals surface area contributed by atoms with Crippen molar-refractivity contribution in [3.05, 3.63) is 12.2 Å². The van der Waals surface area contributed by atoms with Crippen LogP contribution in [-0.2, 0) is 0 Å².